The number of carbonyl (C=O) groups excluding carboxylic acids is 2. The zero-order valence-corrected chi connectivity index (χ0v) is 57.2. The molecular formula is C78H136NO8+. The summed E-state index contributed by atoms with van der Waals surface area (Å²) in [5, 5.41) is 9.75. The Hall–Kier alpha value is -4.05. The van der Waals surface area contributed by atoms with Crippen molar-refractivity contribution in [1.82, 2.24) is 0 Å². The van der Waals surface area contributed by atoms with Crippen LogP contribution in [0.2, 0.25) is 0 Å². The molecule has 0 radical (unpaired) electrons. The van der Waals surface area contributed by atoms with Gasteiger partial charge in [0.25, 0.3) is 6.29 Å². The molecule has 0 bridgehead atoms. The first kappa shape index (κ1) is 83.0. The number of hydrogen-bond acceptors (Lipinski definition) is 7. The first-order valence-electron chi connectivity index (χ1n) is 36.1. The van der Waals surface area contributed by atoms with Crippen LogP contribution >= 0.6 is 0 Å². The van der Waals surface area contributed by atoms with E-state index in [0.717, 1.165) is 96.3 Å². The zero-order valence-electron chi connectivity index (χ0n) is 57.2. The molecule has 0 aromatic carbocycles. The van der Waals surface area contributed by atoms with E-state index in [0.29, 0.717) is 23.9 Å². The maximum Gasteiger partial charge on any atom is 0.361 e. The van der Waals surface area contributed by atoms with Crippen molar-refractivity contribution in [3.63, 3.8) is 0 Å². The summed E-state index contributed by atoms with van der Waals surface area (Å²) in [5.74, 6) is -2.00. The summed E-state index contributed by atoms with van der Waals surface area (Å²) in [4.78, 5) is 37.7. The van der Waals surface area contributed by atoms with Crippen LogP contribution in [0.4, 0.5) is 0 Å². The fraction of sp³-hybridized carbons (Fsp3) is 0.731. The first-order chi connectivity index (χ1) is 42.6. The number of ether oxygens (including phenoxy) is 4. The number of aliphatic carboxylic acids is 1. The van der Waals surface area contributed by atoms with E-state index in [2.05, 4.69) is 123 Å². The van der Waals surface area contributed by atoms with Crippen molar-refractivity contribution in [3.8, 4) is 0 Å². The van der Waals surface area contributed by atoms with Crippen LogP contribution in [0.1, 0.15) is 309 Å². The van der Waals surface area contributed by atoms with E-state index in [1.54, 1.807) is 0 Å². The molecule has 0 heterocycles. The third kappa shape index (κ3) is 69.3. The molecule has 500 valence electrons. The lowest BCUT2D eigenvalue weighted by Gasteiger charge is -2.25. The van der Waals surface area contributed by atoms with Gasteiger partial charge in [-0.3, -0.25) is 9.59 Å². The Kier molecular flexibility index (Phi) is 64.7. The van der Waals surface area contributed by atoms with Crippen LogP contribution in [-0.4, -0.2) is 87.4 Å². The number of carboxylic acids is 1. The Morgan fingerprint density at radius 2 is 0.655 bits per heavy atom. The highest BCUT2D eigenvalue weighted by Gasteiger charge is 2.25. The van der Waals surface area contributed by atoms with Gasteiger partial charge in [-0.05, 0) is 103 Å². The lowest BCUT2D eigenvalue weighted by molar-refractivity contribution is -0.870. The normalized spacial score (nSPS) is 13.3. The predicted molar refractivity (Wildman–Crippen MR) is 373 cm³/mol. The molecule has 0 rings (SSSR count). The van der Waals surface area contributed by atoms with Crippen molar-refractivity contribution in [3.05, 3.63) is 109 Å². The molecular weight excluding hydrogens is 1080 g/mol. The molecule has 2 unspecified atom stereocenters. The molecule has 0 aliphatic heterocycles. The molecule has 0 saturated heterocycles. The predicted octanol–water partition coefficient (Wildman–Crippen LogP) is 22.6. The second-order valence-electron chi connectivity index (χ2n) is 25.2. The highest BCUT2D eigenvalue weighted by molar-refractivity contribution is 5.71. The average Bonchev–Trinajstić information content (AvgIpc) is 3.56. The molecule has 0 saturated carbocycles. The van der Waals surface area contributed by atoms with Gasteiger partial charge in [0.15, 0.2) is 6.10 Å². The number of unbranched alkanes of at least 4 members (excludes halogenated alkanes) is 33. The van der Waals surface area contributed by atoms with Crippen LogP contribution in [0.5, 0.6) is 0 Å². The van der Waals surface area contributed by atoms with Gasteiger partial charge in [-0.15, -0.1) is 0 Å². The Morgan fingerprint density at radius 3 is 0.989 bits per heavy atom. The Bertz CT molecular complexity index is 1800. The second-order valence-corrected chi connectivity index (χ2v) is 25.2. The van der Waals surface area contributed by atoms with E-state index in [9.17, 15) is 19.5 Å². The van der Waals surface area contributed by atoms with Crippen molar-refractivity contribution in [2.24, 2.45) is 0 Å². The third-order valence-electron chi connectivity index (χ3n) is 15.5. The molecule has 0 aliphatic carbocycles. The molecule has 87 heavy (non-hydrogen) atoms. The number of nitrogens with zero attached hydrogens (tertiary/aromatic N) is 1. The number of quaternary nitrogens is 1. The number of carbonyl (C=O) groups is 3. The van der Waals surface area contributed by atoms with Gasteiger partial charge in [0.05, 0.1) is 34.4 Å². The molecule has 0 fully saturated rings. The molecule has 0 aromatic heterocycles. The van der Waals surface area contributed by atoms with Gasteiger partial charge in [0, 0.05) is 12.8 Å². The maximum absolute atomic E-state index is 13.0. The van der Waals surface area contributed by atoms with Crippen LogP contribution in [0, 0.1) is 0 Å². The second kappa shape index (κ2) is 67.9. The monoisotopic (exact) mass is 1220 g/mol. The quantitative estimate of drug-likeness (QED) is 0.0211. The van der Waals surface area contributed by atoms with Gasteiger partial charge in [-0.1, -0.05) is 303 Å². The summed E-state index contributed by atoms with van der Waals surface area (Å²) in [7, 11) is 5.98. The molecule has 9 nitrogen and oxygen atoms in total. The summed E-state index contributed by atoms with van der Waals surface area (Å²) in [5.41, 5.74) is 0. The third-order valence-corrected chi connectivity index (χ3v) is 15.5. The van der Waals surface area contributed by atoms with E-state index in [1.807, 2.05) is 21.1 Å². The van der Waals surface area contributed by atoms with E-state index < -0.39 is 24.3 Å². The summed E-state index contributed by atoms with van der Waals surface area (Å²) < 4.78 is 23.0. The van der Waals surface area contributed by atoms with E-state index in [1.165, 1.54) is 180 Å². The lowest BCUT2D eigenvalue weighted by atomic mass is 10.0. The fourth-order valence-electron chi connectivity index (χ4n) is 10.0. The van der Waals surface area contributed by atoms with Crippen LogP contribution in [0.3, 0.4) is 0 Å². The number of likely N-dealkylation sites (N-methyl/N-ethyl adjacent to an activating group) is 1. The van der Waals surface area contributed by atoms with Crippen molar-refractivity contribution < 1.29 is 42.9 Å². The number of esters is 2. The van der Waals surface area contributed by atoms with Gasteiger partial charge in [0.1, 0.15) is 13.2 Å². The Morgan fingerprint density at radius 1 is 0.356 bits per heavy atom. The van der Waals surface area contributed by atoms with Gasteiger partial charge in [-0.2, -0.15) is 0 Å². The van der Waals surface area contributed by atoms with Crippen LogP contribution in [0.15, 0.2) is 109 Å². The van der Waals surface area contributed by atoms with Crippen LogP contribution in [0.25, 0.3) is 0 Å². The molecule has 0 spiro atoms. The summed E-state index contributed by atoms with van der Waals surface area (Å²) in [6, 6.07) is 0. The zero-order chi connectivity index (χ0) is 63.3. The molecule has 0 aliphatic rings. The summed E-state index contributed by atoms with van der Waals surface area (Å²) in [6.07, 6.45) is 92.0. The molecule has 1 N–H and O–H groups in total. The minimum Gasteiger partial charge on any atom is -0.477 e. The van der Waals surface area contributed by atoms with Crippen LogP contribution < -0.4 is 0 Å². The van der Waals surface area contributed by atoms with E-state index >= 15 is 0 Å². The SMILES string of the molecule is CC/C=C\C/C=C\C/C=C\C/C=C\C/C=C\C/C=C\C/C=C\C/C=C\CCCCCCCCCCCCC(=O)OC(COC(=O)CCCCCCCCCCCCCCCCC/C=C\CCCCCCCCCC)COC(OCC[N+](C)(C)C)C(=O)O. The molecule has 0 aromatic rings. The smallest absolute Gasteiger partial charge is 0.361 e. The summed E-state index contributed by atoms with van der Waals surface area (Å²) in [6.45, 7) is 4.79. The molecule has 2 atom stereocenters. The van der Waals surface area contributed by atoms with Gasteiger partial charge < -0.3 is 28.5 Å². The number of hydrogen-bond donors (Lipinski definition) is 1. The topological polar surface area (TPSA) is 108 Å². The van der Waals surface area contributed by atoms with Gasteiger partial charge in [0.2, 0.25) is 0 Å². The Labute approximate surface area is 536 Å². The first-order valence-corrected chi connectivity index (χ1v) is 36.1. The largest absolute Gasteiger partial charge is 0.477 e. The molecule has 0 amide bonds. The van der Waals surface area contributed by atoms with Crippen molar-refractivity contribution in [1.29, 1.82) is 0 Å². The van der Waals surface area contributed by atoms with E-state index in [-0.39, 0.29) is 32.2 Å². The number of allylic oxidation sites excluding steroid dienone is 18. The lowest BCUT2D eigenvalue weighted by Crippen LogP contribution is -2.40. The van der Waals surface area contributed by atoms with Crippen molar-refractivity contribution in [2.75, 3.05) is 47.5 Å². The maximum atomic E-state index is 13.0. The van der Waals surface area contributed by atoms with Gasteiger partial charge >= 0.3 is 17.9 Å². The average molecular weight is 1220 g/mol. The van der Waals surface area contributed by atoms with Crippen molar-refractivity contribution >= 4 is 17.9 Å². The van der Waals surface area contributed by atoms with Crippen molar-refractivity contribution in [2.45, 2.75) is 322 Å². The minimum atomic E-state index is -1.52. The highest BCUT2D eigenvalue weighted by atomic mass is 16.7. The number of rotatable bonds is 66. The minimum absolute atomic E-state index is 0.183. The molecule has 9 heteroatoms. The Balaban J connectivity index is 4.14. The van der Waals surface area contributed by atoms with E-state index in [4.69, 9.17) is 18.9 Å². The van der Waals surface area contributed by atoms with Crippen LogP contribution in [-0.2, 0) is 33.3 Å². The fourth-order valence-corrected chi connectivity index (χ4v) is 10.0. The standard InChI is InChI=1S/C78H135NO8/c1-6-8-10-12-14-16-18-20-22-24-26-28-30-32-34-35-36-37-38-39-40-41-43-45-47-49-51-53-55-57-59-61-63-65-67-69-76(81)87-74(73-86-78(77(82)83)84-71-70-79(3,4)5)72-85-75(80)68-66-64-62-60-58-56-54-52-50-48-46-44-42-33-31-29-27-25-23-21-19-17-15-13-11-9-7-2/h8,10,14,16,20,22,25-28,32,34,36-37,39-40,43,45,74,78H,6-7,9,11-13,15,17-19,21,23-24,29-31,33,35,38,41-42,44,46-73H2,1-5H3/p+1/b10-8-,16-14-,22-20-,27-25-,28-26-,34-32-,37-36-,40-39-,45-43-. The van der Waals surface area contributed by atoms with Gasteiger partial charge in [-0.25, -0.2) is 4.79 Å². The highest BCUT2D eigenvalue weighted by Crippen LogP contribution is 2.17. The number of carboxylic acid groups (broad SMARTS) is 1. The summed E-state index contributed by atoms with van der Waals surface area (Å²) >= 11 is 0.